The monoisotopic (exact) mass is 420 g/mol. The maximum atomic E-state index is 5.63. The van der Waals surface area contributed by atoms with E-state index in [1.54, 1.807) is 13.3 Å². The molecule has 6 heteroatoms. The fourth-order valence-electron chi connectivity index (χ4n) is 1.30. The minimum absolute atomic E-state index is 0.450. The fraction of sp³-hybridized carbons (Fsp3) is 0.167. The van der Waals surface area contributed by atoms with Crippen molar-refractivity contribution >= 4 is 38.5 Å². The van der Waals surface area contributed by atoms with Crippen LogP contribution >= 0.6 is 38.5 Å². The first-order valence-electron chi connectivity index (χ1n) is 5.13. The maximum absolute atomic E-state index is 5.63. The van der Waals surface area contributed by atoms with Gasteiger partial charge in [-0.2, -0.15) is 0 Å². The summed E-state index contributed by atoms with van der Waals surface area (Å²) in [5.74, 6) is 1.36. The summed E-state index contributed by atoms with van der Waals surface area (Å²) in [7, 11) is 1.64. The van der Waals surface area contributed by atoms with Gasteiger partial charge in [-0.3, -0.25) is 0 Å². The van der Waals surface area contributed by atoms with Gasteiger partial charge in [-0.25, -0.2) is 9.97 Å². The molecule has 0 aliphatic carbocycles. The summed E-state index contributed by atoms with van der Waals surface area (Å²) in [4.78, 5) is 8.37. The summed E-state index contributed by atoms with van der Waals surface area (Å²) < 4.78 is 12.1. The second-order valence-corrected chi connectivity index (χ2v) is 5.26. The van der Waals surface area contributed by atoms with Crippen molar-refractivity contribution in [2.45, 2.75) is 6.61 Å². The van der Waals surface area contributed by atoms with E-state index in [2.05, 4.69) is 48.5 Å². The molecule has 1 aromatic heterocycles. The average Bonchev–Trinajstić information content (AvgIpc) is 2.40. The number of aromatic nitrogens is 2. The number of hydrogen-bond donors (Lipinski definition) is 0. The van der Waals surface area contributed by atoms with Crippen LogP contribution in [0.2, 0.25) is 0 Å². The molecule has 0 bridgehead atoms. The summed E-state index contributed by atoms with van der Waals surface area (Å²) in [5, 5.41) is 0. The molecule has 0 fully saturated rings. The smallest absolute Gasteiger partial charge is 0.247 e. The Morgan fingerprint density at radius 1 is 1.28 bits per heavy atom. The van der Waals surface area contributed by atoms with E-state index in [0.717, 1.165) is 15.0 Å². The molecule has 0 N–H and O–H groups in total. The first kappa shape index (κ1) is 13.5. The Morgan fingerprint density at radius 2 is 2.00 bits per heavy atom. The molecule has 0 radical (unpaired) electrons. The highest BCUT2D eigenvalue weighted by molar-refractivity contribution is 14.1. The lowest BCUT2D eigenvalue weighted by Gasteiger charge is -2.07. The van der Waals surface area contributed by atoms with Crippen molar-refractivity contribution in [1.82, 2.24) is 9.97 Å². The predicted octanol–water partition coefficient (Wildman–Crippen LogP) is 3.43. The second-order valence-electron chi connectivity index (χ2n) is 3.43. The van der Waals surface area contributed by atoms with Gasteiger partial charge in [-0.15, -0.1) is 0 Å². The molecule has 0 spiro atoms. The highest BCUT2D eigenvalue weighted by atomic mass is 127. The predicted molar refractivity (Wildman–Crippen MR) is 79.8 cm³/mol. The minimum Gasteiger partial charge on any atom is -0.497 e. The molecule has 4 nitrogen and oxygen atoms in total. The van der Waals surface area contributed by atoms with Crippen LogP contribution in [0.5, 0.6) is 11.6 Å². The second kappa shape index (κ2) is 6.33. The Balaban J connectivity index is 2.04. The van der Waals surface area contributed by atoms with E-state index in [1.165, 1.54) is 0 Å². The number of methoxy groups -OCH3 is 1. The molecule has 18 heavy (non-hydrogen) atoms. The SMILES string of the molecule is COc1ccc(COc2nc(Br)cnc2I)cc1. The molecule has 0 unspecified atom stereocenters. The van der Waals surface area contributed by atoms with Gasteiger partial charge >= 0.3 is 0 Å². The van der Waals surface area contributed by atoms with Crippen LogP contribution in [0.15, 0.2) is 35.1 Å². The van der Waals surface area contributed by atoms with Gasteiger partial charge in [0, 0.05) is 0 Å². The van der Waals surface area contributed by atoms with Crippen LogP contribution in [0.25, 0.3) is 0 Å². The van der Waals surface area contributed by atoms with Gasteiger partial charge in [0.25, 0.3) is 0 Å². The first-order valence-corrected chi connectivity index (χ1v) is 7.00. The third-order valence-corrected chi connectivity index (χ3v) is 3.33. The molecule has 2 rings (SSSR count). The van der Waals surface area contributed by atoms with Crippen molar-refractivity contribution in [3.8, 4) is 11.6 Å². The molecular weight excluding hydrogens is 411 g/mol. The highest BCUT2D eigenvalue weighted by Gasteiger charge is 2.05. The van der Waals surface area contributed by atoms with E-state index in [0.29, 0.717) is 17.1 Å². The number of nitrogens with zero attached hydrogens (tertiary/aromatic N) is 2. The van der Waals surface area contributed by atoms with E-state index in [4.69, 9.17) is 9.47 Å². The molecule has 2 aromatic rings. The Kier molecular flexibility index (Phi) is 4.76. The van der Waals surface area contributed by atoms with Gasteiger partial charge in [0.05, 0.1) is 13.3 Å². The van der Waals surface area contributed by atoms with Crippen molar-refractivity contribution in [1.29, 1.82) is 0 Å². The van der Waals surface area contributed by atoms with Crippen molar-refractivity contribution in [3.63, 3.8) is 0 Å². The molecule has 0 aliphatic rings. The van der Waals surface area contributed by atoms with Crippen LogP contribution in [0.3, 0.4) is 0 Å². The summed E-state index contributed by atoms with van der Waals surface area (Å²) in [6, 6.07) is 7.71. The van der Waals surface area contributed by atoms with Crippen LogP contribution in [0.1, 0.15) is 5.56 Å². The molecule has 1 heterocycles. The van der Waals surface area contributed by atoms with Crippen LogP contribution in [-0.2, 0) is 6.61 Å². The van der Waals surface area contributed by atoms with Gasteiger partial charge in [0.15, 0.2) is 3.70 Å². The van der Waals surface area contributed by atoms with Crippen LogP contribution in [-0.4, -0.2) is 17.1 Å². The molecule has 94 valence electrons. The molecule has 1 aromatic carbocycles. The molecule has 0 saturated carbocycles. The number of rotatable bonds is 4. The third kappa shape index (κ3) is 3.55. The highest BCUT2D eigenvalue weighted by Crippen LogP contribution is 2.20. The van der Waals surface area contributed by atoms with Crippen LogP contribution in [0, 0.1) is 3.70 Å². The first-order chi connectivity index (χ1) is 8.69. The average molecular weight is 421 g/mol. The number of benzene rings is 1. The van der Waals surface area contributed by atoms with Gasteiger partial charge < -0.3 is 9.47 Å². The van der Waals surface area contributed by atoms with Crippen molar-refractivity contribution < 1.29 is 9.47 Å². The zero-order valence-electron chi connectivity index (χ0n) is 9.56. The Labute approximate surface area is 127 Å². The standard InChI is InChI=1S/C12H10BrIN2O2/c1-17-9-4-2-8(3-5-9)7-18-12-11(14)15-6-10(13)16-12/h2-6H,7H2,1H3. The quantitative estimate of drug-likeness (QED) is 0.711. The van der Waals surface area contributed by atoms with Gasteiger partial charge in [0.1, 0.15) is 17.0 Å². The number of ether oxygens (including phenoxy) is 2. The molecule has 0 atom stereocenters. The normalized spacial score (nSPS) is 10.2. The third-order valence-electron chi connectivity index (χ3n) is 2.20. The van der Waals surface area contributed by atoms with Gasteiger partial charge in [-0.1, -0.05) is 12.1 Å². The molecule has 0 saturated heterocycles. The zero-order valence-corrected chi connectivity index (χ0v) is 13.3. The molecular formula is C12H10BrIN2O2. The fourth-order valence-corrected chi connectivity index (χ4v) is 1.98. The van der Waals surface area contributed by atoms with Crippen LogP contribution < -0.4 is 9.47 Å². The zero-order chi connectivity index (χ0) is 13.0. The van der Waals surface area contributed by atoms with Gasteiger partial charge in [-0.05, 0) is 56.2 Å². The Bertz CT molecular complexity index is 534. The summed E-state index contributed by atoms with van der Waals surface area (Å²) in [6.07, 6.45) is 1.64. The molecule has 0 aliphatic heterocycles. The lowest BCUT2D eigenvalue weighted by Crippen LogP contribution is -2.00. The maximum Gasteiger partial charge on any atom is 0.247 e. The Morgan fingerprint density at radius 3 is 2.67 bits per heavy atom. The van der Waals surface area contributed by atoms with Crippen molar-refractivity contribution in [2.24, 2.45) is 0 Å². The van der Waals surface area contributed by atoms with E-state index in [-0.39, 0.29) is 0 Å². The number of halogens is 2. The van der Waals surface area contributed by atoms with E-state index < -0.39 is 0 Å². The van der Waals surface area contributed by atoms with E-state index >= 15 is 0 Å². The van der Waals surface area contributed by atoms with Crippen molar-refractivity contribution in [2.75, 3.05) is 7.11 Å². The van der Waals surface area contributed by atoms with E-state index in [1.807, 2.05) is 24.3 Å². The largest absolute Gasteiger partial charge is 0.497 e. The summed E-state index contributed by atoms with van der Waals surface area (Å²) >= 11 is 5.36. The topological polar surface area (TPSA) is 44.2 Å². The lowest BCUT2D eigenvalue weighted by molar-refractivity contribution is 0.289. The summed E-state index contributed by atoms with van der Waals surface area (Å²) in [6.45, 7) is 0.450. The van der Waals surface area contributed by atoms with Gasteiger partial charge in [0.2, 0.25) is 5.88 Å². The number of hydrogen-bond acceptors (Lipinski definition) is 4. The minimum atomic E-state index is 0.450. The molecule has 0 amide bonds. The van der Waals surface area contributed by atoms with Crippen molar-refractivity contribution in [3.05, 3.63) is 44.3 Å². The Hall–Kier alpha value is -0.890. The summed E-state index contributed by atoms with van der Waals surface area (Å²) in [5.41, 5.74) is 1.05. The van der Waals surface area contributed by atoms with Crippen LogP contribution in [0.4, 0.5) is 0 Å². The lowest BCUT2D eigenvalue weighted by atomic mass is 10.2. The van der Waals surface area contributed by atoms with E-state index in [9.17, 15) is 0 Å².